The van der Waals surface area contributed by atoms with E-state index in [1.165, 1.54) is 13.2 Å². The number of halogens is 3. The van der Waals surface area contributed by atoms with Gasteiger partial charge in [0.15, 0.2) is 11.6 Å². The summed E-state index contributed by atoms with van der Waals surface area (Å²) in [7, 11) is 1.41. The van der Waals surface area contributed by atoms with Crippen molar-refractivity contribution < 1.29 is 14.2 Å². The van der Waals surface area contributed by atoms with E-state index in [1.807, 2.05) is 6.07 Å². The van der Waals surface area contributed by atoms with Crippen LogP contribution in [0.2, 0.25) is 10.0 Å². The highest BCUT2D eigenvalue weighted by atomic mass is 35.5. The number of aliphatic hydroxyl groups excluding tert-OH is 1. The molecule has 1 unspecified atom stereocenters. The summed E-state index contributed by atoms with van der Waals surface area (Å²) >= 11 is 11.8. The van der Waals surface area contributed by atoms with E-state index < -0.39 is 11.9 Å². The van der Waals surface area contributed by atoms with Gasteiger partial charge in [0.25, 0.3) is 0 Å². The number of methoxy groups -OCH3 is 1. The van der Waals surface area contributed by atoms with Crippen molar-refractivity contribution >= 4 is 23.2 Å². The van der Waals surface area contributed by atoms with Crippen molar-refractivity contribution in [1.82, 2.24) is 0 Å². The molecule has 0 bridgehead atoms. The van der Waals surface area contributed by atoms with Crippen molar-refractivity contribution in [1.29, 1.82) is 0 Å². The second-order valence-corrected chi connectivity index (χ2v) is 5.59. The van der Waals surface area contributed by atoms with Gasteiger partial charge in [0, 0.05) is 0 Å². The lowest BCUT2D eigenvalue weighted by atomic mass is 10.0. The first-order valence-electron chi connectivity index (χ1n) is 6.44. The molecule has 21 heavy (non-hydrogen) atoms. The van der Waals surface area contributed by atoms with Crippen LogP contribution < -0.4 is 4.74 Å². The molecule has 2 rings (SSSR count). The van der Waals surface area contributed by atoms with Crippen LogP contribution in [0.25, 0.3) is 0 Å². The van der Waals surface area contributed by atoms with Gasteiger partial charge in [-0.05, 0) is 48.2 Å². The molecule has 0 amide bonds. The van der Waals surface area contributed by atoms with Crippen molar-refractivity contribution in [2.75, 3.05) is 7.11 Å². The van der Waals surface area contributed by atoms with Crippen molar-refractivity contribution in [3.05, 3.63) is 63.4 Å². The maximum atomic E-state index is 13.6. The minimum atomic E-state index is -0.630. The third kappa shape index (κ3) is 4.34. The van der Waals surface area contributed by atoms with Gasteiger partial charge in [-0.3, -0.25) is 0 Å². The van der Waals surface area contributed by atoms with E-state index >= 15 is 0 Å². The first kappa shape index (κ1) is 16.1. The highest BCUT2D eigenvalue weighted by Crippen LogP contribution is 2.24. The van der Waals surface area contributed by atoms with Crippen LogP contribution in [0.4, 0.5) is 4.39 Å². The molecule has 2 nitrogen and oxygen atoms in total. The summed E-state index contributed by atoms with van der Waals surface area (Å²) in [5, 5.41) is 11.0. The van der Waals surface area contributed by atoms with Crippen molar-refractivity contribution in [3.8, 4) is 5.75 Å². The van der Waals surface area contributed by atoms with Gasteiger partial charge in [0.1, 0.15) is 0 Å². The van der Waals surface area contributed by atoms with E-state index in [4.69, 9.17) is 27.9 Å². The largest absolute Gasteiger partial charge is 0.494 e. The number of hydrogen-bond donors (Lipinski definition) is 1. The molecule has 5 heteroatoms. The smallest absolute Gasteiger partial charge is 0.165 e. The SMILES string of the molecule is COc1ccc(CC(O)Cc2ccc(Cl)c(Cl)c2)cc1F. The Kier molecular flexibility index (Phi) is 5.45. The van der Waals surface area contributed by atoms with E-state index in [1.54, 1.807) is 24.3 Å². The summed E-state index contributed by atoms with van der Waals surface area (Å²) in [6, 6.07) is 9.89. The molecule has 0 radical (unpaired) electrons. The van der Waals surface area contributed by atoms with Crippen LogP contribution in [0.15, 0.2) is 36.4 Å². The van der Waals surface area contributed by atoms with Crippen molar-refractivity contribution in [2.45, 2.75) is 18.9 Å². The predicted molar refractivity (Wildman–Crippen MR) is 82.8 cm³/mol. The Morgan fingerprint density at radius 2 is 1.67 bits per heavy atom. The molecule has 0 aromatic heterocycles. The molecule has 112 valence electrons. The van der Waals surface area contributed by atoms with Gasteiger partial charge < -0.3 is 9.84 Å². The van der Waals surface area contributed by atoms with Gasteiger partial charge in [-0.25, -0.2) is 4.39 Å². The number of ether oxygens (including phenoxy) is 1. The van der Waals surface area contributed by atoms with Crippen LogP contribution >= 0.6 is 23.2 Å². The molecule has 0 spiro atoms. The fourth-order valence-corrected chi connectivity index (χ4v) is 2.44. The summed E-state index contributed by atoms with van der Waals surface area (Å²) in [5.41, 5.74) is 1.59. The minimum Gasteiger partial charge on any atom is -0.494 e. The zero-order valence-corrected chi connectivity index (χ0v) is 13.0. The molecular weight excluding hydrogens is 314 g/mol. The molecule has 1 N–H and O–H groups in total. The maximum Gasteiger partial charge on any atom is 0.165 e. The van der Waals surface area contributed by atoms with E-state index in [0.717, 1.165) is 5.56 Å². The van der Waals surface area contributed by atoms with Crippen molar-refractivity contribution in [3.63, 3.8) is 0 Å². The average Bonchev–Trinajstić information content (AvgIpc) is 2.43. The monoisotopic (exact) mass is 328 g/mol. The summed E-state index contributed by atoms with van der Waals surface area (Å²) in [5.74, 6) is -0.241. The van der Waals surface area contributed by atoms with Gasteiger partial charge in [0.05, 0.1) is 23.3 Å². The Bertz CT molecular complexity index is 632. The van der Waals surface area contributed by atoms with E-state index in [2.05, 4.69) is 0 Å². The number of aliphatic hydroxyl groups is 1. The summed E-state index contributed by atoms with van der Waals surface area (Å²) in [4.78, 5) is 0. The fourth-order valence-electron chi connectivity index (χ4n) is 2.12. The van der Waals surface area contributed by atoms with Crippen LogP contribution in [-0.4, -0.2) is 18.3 Å². The Morgan fingerprint density at radius 3 is 2.24 bits per heavy atom. The van der Waals surface area contributed by atoms with Gasteiger partial charge in [-0.2, -0.15) is 0 Å². The topological polar surface area (TPSA) is 29.5 Å². The molecule has 2 aromatic rings. The summed E-state index contributed by atoms with van der Waals surface area (Å²) in [6.45, 7) is 0. The van der Waals surface area contributed by atoms with E-state index in [0.29, 0.717) is 28.5 Å². The number of rotatable bonds is 5. The Labute approximate surface area is 133 Å². The lowest BCUT2D eigenvalue weighted by Crippen LogP contribution is -2.14. The number of benzene rings is 2. The molecule has 0 heterocycles. The molecule has 0 aliphatic rings. The third-order valence-electron chi connectivity index (χ3n) is 3.14. The molecule has 0 aliphatic carbocycles. The Morgan fingerprint density at radius 1 is 1.05 bits per heavy atom. The zero-order valence-electron chi connectivity index (χ0n) is 11.4. The molecular formula is C16H15Cl2FO2. The highest BCUT2D eigenvalue weighted by Gasteiger charge is 2.10. The van der Waals surface area contributed by atoms with E-state index in [-0.39, 0.29) is 5.75 Å². The lowest BCUT2D eigenvalue weighted by Gasteiger charge is -2.12. The van der Waals surface area contributed by atoms with E-state index in [9.17, 15) is 9.50 Å². The summed E-state index contributed by atoms with van der Waals surface area (Å²) in [6.07, 6.45) is 0.140. The van der Waals surface area contributed by atoms with Crippen LogP contribution in [0.3, 0.4) is 0 Å². The average molecular weight is 329 g/mol. The van der Waals surface area contributed by atoms with Crippen LogP contribution in [0.5, 0.6) is 5.75 Å². The van der Waals surface area contributed by atoms with Gasteiger partial charge >= 0.3 is 0 Å². The first-order chi connectivity index (χ1) is 9.99. The standard InChI is InChI=1S/C16H15Cl2FO2/c1-21-16-5-3-11(9-15(16)19)7-12(20)6-10-2-4-13(17)14(18)8-10/h2-5,8-9,12,20H,6-7H2,1H3. The highest BCUT2D eigenvalue weighted by molar-refractivity contribution is 6.42. The summed E-state index contributed by atoms with van der Waals surface area (Å²) < 4.78 is 18.4. The molecule has 0 saturated heterocycles. The third-order valence-corrected chi connectivity index (χ3v) is 3.88. The first-order valence-corrected chi connectivity index (χ1v) is 7.19. The second-order valence-electron chi connectivity index (χ2n) is 4.78. The maximum absolute atomic E-state index is 13.6. The number of hydrogen-bond acceptors (Lipinski definition) is 2. The zero-order chi connectivity index (χ0) is 15.4. The van der Waals surface area contributed by atoms with Crippen molar-refractivity contribution in [2.24, 2.45) is 0 Å². The molecule has 0 saturated carbocycles. The second kappa shape index (κ2) is 7.12. The molecule has 0 aliphatic heterocycles. The molecule has 2 aromatic carbocycles. The van der Waals surface area contributed by atoms with Gasteiger partial charge in [0.2, 0.25) is 0 Å². The van der Waals surface area contributed by atoms with Crippen LogP contribution in [0, 0.1) is 5.82 Å². The molecule has 1 atom stereocenters. The lowest BCUT2D eigenvalue weighted by molar-refractivity contribution is 0.175. The van der Waals surface area contributed by atoms with Crippen LogP contribution in [-0.2, 0) is 12.8 Å². The van der Waals surface area contributed by atoms with Gasteiger partial charge in [-0.15, -0.1) is 0 Å². The quantitative estimate of drug-likeness (QED) is 0.887. The normalized spacial score (nSPS) is 12.2. The Hall–Kier alpha value is -1.29. The van der Waals surface area contributed by atoms with Gasteiger partial charge in [-0.1, -0.05) is 35.3 Å². The Balaban J connectivity index is 2.02. The molecule has 0 fully saturated rings. The minimum absolute atomic E-state index is 0.192. The fraction of sp³-hybridized carbons (Fsp3) is 0.250. The van der Waals surface area contributed by atoms with Crippen LogP contribution in [0.1, 0.15) is 11.1 Å². The predicted octanol–water partition coefficient (Wildman–Crippen LogP) is 4.29.